The second-order valence-electron chi connectivity index (χ2n) is 3.63. The van der Waals surface area contributed by atoms with Crippen LogP contribution in [0.25, 0.3) is 0 Å². The van der Waals surface area contributed by atoms with E-state index in [9.17, 15) is 0 Å². The van der Waals surface area contributed by atoms with E-state index in [-0.39, 0.29) is 6.10 Å². The molecule has 0 saturated heterocycles. The third-order valence-electron chi connectivity index (χ3n) is 1.75. The highest BCUT2D eigenvalue weighted by Gasteiger charge is 2.06. The van der Waals surface area contributed by atoms with Crippen molar-refractivity contribution in [3.63, 3.8) is 0 Å². The van der Waals surface area contributed by atoms with Crippen molar-refractivity contribution in [3.05, 3.63) is 11.8 Å². The normalized spacial score (nSPS) is 11.2. The summed E-state index contributed by atoms with van der Waals surface area (Å²) in [6.45, 7) is 8.03. The van der Waals surface area contributed by atoms with Gasteiger partial charge in [0, 0.05) is 0 Å². The number of rotatable bonds is 7. The number of ether oxygens (including phenoxy) is 1. The second kappa shape index (κ2) is 6.53. The lowest BCUT2D eigenvalue weighted by Gasteiger charge is -2.02. The Morgan fingerprint density at radius 1 is 1.33 bits per heavy atom. The molecule has 0 spiro atoms. The Kier molecular flexibility index (Phi) is 5.28. The second-order valence-corrected chi connectivity index (χ2v) is 3.63. The molecule has 0 aromatic carbocycles. The molecule has 1 N–H and O–H groups in total. The molecule has 0 aliphatic rings. The first-order chi connectivity index (χ1) is 7.22. The summed E-state index contributed by atoms with van der Waals surface area (Å²) in [6, 6.07) is 0. The summed E-state index contributed by atoms with van der Waals surface area (Å²) in [6.07, 6.45) is 1.27. The Labute approximate surface area is 90.2 Å². The molecule has 15 heavy (non-hydrogen) atoms. The average molecular weight is 213 g/mol. The molecule has 86 valence electrons. The van der Waals surface area contributed by atoms with E-state index in [1.165, 1.54) is 0 Å². The van der Waals surface area contributed by atoms with Gasteiger partial charge in [0.15, 0.2) is 0 Å². The van der Waals surface area contributed by atoms with Gasteiger partial charge in [-0.2, -0.15) is 0 Å². The van der Waals surface area contributed by atoms with Crippen LogP contribution in [0.4, 0.5) is 0 Å². The molecule has 0 radical (unpaired) electrons. The summed E-state index contributed by atoms with van der Waals surface area (Å²) in [5.41, 5.74) is 0. The minimum atomic E-state index is 0.179. The first kappa shape index (κ1) is 12.1. The topological polar surface area (TPSA) is 60.2 Å². The van der Waals surface area contributed by atoms with Gasteiger partial charge in [0.1, 0.15) is 6.61 Å². The Balaban J connectivity index is 2.29. The first-order valence-corrected chi connectivity index (χ1v) is 5.36. The van der Waals surface area contributed by atoms with E-state index in [1.54, 1.807) is 0 Å². The van der Waals surface area contributed by atoms with E-state index < -0.39 is 0 Å². The number of hydrogen-bond acceptors (Lipinski definition) is 5. The van der Waals surface area contributed by atoms with Crippen LogP contribution >= 0.6 is 0 Å². The molecule has 0 fully saturated rings. The van der Waals surface area contributed by atoms with Gasteiger partial charge in [-0.3, -0.25) is 0 Å². The quantitative estimate of drug-likeness (QED) is 0.695. The van der Waals surface area contributed by atoms with Crippen LogP contribution in [0.5, 0.6) is 0 Å². The lowest BCUT2D eigenvalue weighted by atomic mass is 10.5. The zero-order chi connectivity index (χ0) is 11.1. The molecule has 0 saturated carbocycles. The lowest BCUT2D eigenvalue weighted by molar-refractivity contribution is 0.0510. The fraction of sp³-hybridized carbons (Fsp3) is 0.800. The summed E-state index contributed by atoms with van der Waals surface area (Å²) < 4.78 is 10.7. The van der Waals surface area contributed by atoms with Crippen LogP contribution in [-0.2, 0) is 17.9 Å². The van der Waals surface area contributed by atoms with Crippen LogP contribution < -0.4 is 5.32 Å². The van der Waals surface area contributed by atoms with E-state index in [0.717, 1.165) is 13.0 Å². The Hall–Kier alpha value is -0.940. The van der Waals surface area contributed by atoms with Crippen molar-refractivity contribution in [1.29, 1.82) is 0 Å². The van der Waals surface area contributed by atoms with E-state index in [1.807, 2.05) is 13.8 Å². The maximum atomic E-state index is 5.37. The molecule has 1 aromatic rings. The predicted molar refractivity (Wildman–Crippen MR) is 56.2 cm³/mol. The minimum Gasteiger partial charge on any atom is -0.421 e. The van der Waals surface area contributed by atoms with E-state index in [4.69, 9.17) is 9.15 Å². The van der Waals surface area contributed by atoms with Gasteiger partial charge in [0.25, 0.3) is 0 Å². The molecule has 5 nitrogen and oxygen atoms in total. The van der Waals surface area contributed by atoms with E-state index >= 15 is 0 Å². The van der Waals surface area contributed by atoms with Gasteiger partial charge in [-0.05, 0) is 26.8 Å². The number of aromatic nitrogens is 2. The molecule has 0 unspecified atom stereocenters. The first-order valence-electron chi connectivity index (χ1n) is 5.36. The summed E-state index contributed by atoms with van der Waals surface area (Å²) >= 11 is 0. The zero-order valence-electron chi connectivity index (χ0n) is 9.62. The molecular formula is C10H19N3O2. The Morgan fingerprint density at radius 3 is 2.73 bits per heavy atom. The van der Waals surface area contributed by atoms with Crippen molar-refractivity contribution in [2.24, 2.45) is 0 Å². The number of hydrogen-bond donors (Lipinski definition) is 1. The maximum absolute atomic E-state index is 5.37. The smallest absolute Gasteiger partial charge is 0.242 e. The monoisotopic (exact) mass is 213 g/mol. The largest absolute Gasteiger partial charge is 0.421 e. The molecule has 0 bridgehead atoms. The summed E-state index contributed by atoms with van der Waals surface area (Å²) in [7, 11) is 0. The molecule has 1 heterocycles. The van der Waals surface area contributed by atoms with Crippen molar-refractivity contribution in [3.8, 4) is 0 Å². The van der Waals surface area contributed by atoms with Crippen molar-refractivity contribution >= 4 is 0 Å². The van der Waals surface area contributed by atoms with E-state index in [2.05, 4.69) is 22.4 Å². The maximum Gasteiger partial charge on any atom is 0.242 e. The third-order valence-corrected chi connectivity index (χ3v) is 1.75. The van der Waals surface area contributed by atoms with Crippen LogP contribution in [0.2, 0.25) is 0 Å². The van der Waals surface area contributed by atoms with Gasteiger partial charge < -0.3 is 14.5 Å². The summed E-state index contributed by atoms with van der Waals surface area (Å²) in [5.74, 6) is 1.16. The van der Waals surface area contributed by atoms with Crippen molar-refractivity contribution in [1.82, 2.24) is 15.5 Å². The Morgan fingerprint density at radius 2 is 2.07 bits per heavy atom. The van der Waals surface area contributed by atoms with Gasteiger partial charge >= 0.3 is 0 Å². The highest BCUT2D eigenvalue weighted by atomic mass is 16.5. The molecular weight excluding hydrogens is 194 g/mol. The molecule has 1 rings (SSSR count). The van der Waals surface area contributed by atoms with Crippen LogP contribution in [0.3, 0.4) is 0 Å². The van der Waals surface area contributed by atoms with Gasteiger partial charge in [-0.25, -0.2) is 0 Å². The van der Waals surface area contributed by atoms with Crippen molar-refractivity contribution < 1.29 is 9.15 Å². The summed E-state index contributed by atoms with van der Waals surface area (Å²) in [4.78, 5) is 0. The molecule has 0 atom stereocenters. The highest BCUT2D eigenvalue weighted by Crippen LogP contribution is 2.02. The lowest BCUT2D eigenvalue weighted by Crippen LogP contribution is -2.13. The van der Waals surface area contributed by atoms with Gasteiger partial charge in [-0.1, -0.05) is 6.92 Å². The molecule has 1 aromatic heterocycles. The average Bonchev–Trinajstić information content (AvgIpc) is 2.63. The number of nitrogens with zero attached hydrogens (tertiary/aromatic N) is 2. The third kappa shape index (κ3) is 4.90. The Bertz CT molecular complexity index is 273. The predicted octanol–water partition coefficient (Wildman–Crippen LogP) is 1.49. The van der Waals surface area contributed by atoms with Gasteiger partial charge in [-0.15, -0.1) is 10.2 Å². The fourth-order valence-corrected chi connectivity index (χ4v) is 1.03. The molecule has 0 aliphatic heterocycles. The van der Waals surface area contributed by atoms with Crippen LogP contribution in [-0.4, -0.2) is 22.8 Å². The molecule has 5 heteroatoms. The van der Waals surface area contributed by atoms with Crippen molar-refractivity contribution in [2.45, 2.75) is 46.4 Å². The summed E-state index contributed by atoms with van der Waals surface area (Å²) in [5, 5.41) is 11.0. The minimum absolute atomic E-state index is 0.179. The highest BCUT2D eigenvalue weighted by molar-refractivity contribution is 4.79. The van der Waals surface area contributed by atoms with Gasteiger partial charge in [0.2, 0.25) is 11.8 Å². The molecule has 0 aliphatic carbocycles. The molecule has 0 amide bonds. The van der Waals surface area contributed by atoms with Crippen LogP contribution in [0, 0.1) is 0 Å². The van der Waals surface area contributed by atoms with Crippen molar-refractivity contribution in [2.75, 3.05) is 6.54 Å². The van der Waals surface area contributed by atoms with Crippen LogP contribution in [0.1, 0.15) is 39.0 Å². The van der Waals surface area contributed by atoms with Crippen LogP contribution in [0.15, 0.2) is 4.42 Å². The van der Waals surface area contributed by atoms with E-state index in [0.29, 0.717) is 24.9 Å². The standard InChI is InChI=1S/C10H19N3O2/c1-4-5-11-6-9-12-13-10(15-9)7-14-8(2)3/h8,11H,4-7H2,1-3H3. The fourth-order valence-electron chi connectivity index (χ4n) is 1.03. The van der Waals surface area contributed by atoms with Gasteiger partial charge in [0.05, 0.1) is 12.6 Å². The zero-order valence-corrected chi connectivity index (χ0v) is 9.62. The number of nitrogens with one attached hydrogen (secondary N) is 1. The SMILES string of the molecule is CCCNCc1nnc(COC(C)C)o1.